The first-order valence-electron chi connectivity index (χ1n) is 12.2. The van der Waals surface area contributed by atoms with Gasteiger partial charge < -0.3 is 15.2 Å². The van der Waals surface area contributed by atoms with E-state index in [2.05, 4.69) is 40.7 Å². The topological polar surface area (TPSA) is 159 Å². The number of hydrogen-bond acceptors (Lipinski definition) is 11. The zero-order valence-corrected chi connectivity index (χ0v) is 21.1. The monoisotopic (exact) mass is 535 g/mol. The highest BCUT2D eigenvalue weighted by molar-refractivity contribution is 5.95. The zero-order valence-electron chi connectivity index (χ0n) is 21.1. The van der Waals surface area contributed by atoms with Gasteiger partial charge in [-0.25, -0.2) is 14.4 Å². The van der Waals surface area contributed by atoms with E-state index in [1.165, 1.54) is 24.1 Å². The number of likely N-dealkylation sites (tertiary alicyclic amines) is 1. The van der Waals surface area contributed by atoms with E-state index in [1.54, 1.807) is 36.4 Å². The molecule has 202 valence electrons. The molecule has 3 N–H and O–H groups in total. The van der Waals surface area contributed by atoms with E-state index in [-0.39, 0.29) is 29.8 Å². The van der Waals surface area contributed by atoms with Crippen LogP contribution in [0.3, 0.4) is 0 Å². The van der Waals surface area contributed by atoms with Crippen molar-refractivity contribution in [2.24, 2.45) is 5.10 Å². The molecule has 1 fully saturated rings. The highest BCUT2D eigenvalue weighted by Gasteiger charge is 2.27. The average Bonchev–Trinajstić information content (AvgIpc) is 3.70. The molecule has 1 aliphatic heterocycles. The molecule has 0 saturated carbocycles. The maximum atomic E-state index is 13.9. The number of anilines is 1. The quantitative estimate of drug-likeness (QED) is 0.228. The summed E-state index contributed by atoms with van der Waals surface area (Å²) < 4.78 is 30.9. The SMILES string of the molecule is COc1cc(C=NNC(=O)c2c(CN3CCCC3)nnn2-c2nonc2N)ccc1OCc1ccccc1F. The van der Waals surface area contributed by atoms with Gasteiger partial charge in [-0.3, -0.25) is 9.69 Å². The number of aromatic nitrogens is 5. The molecule has 39 heavy (non-hydrogen) atoms. The summed E-state index contributed by atoms with van der Waals surface area (Å²) >= 11 is 0. The van der Waals surface area contributed by atoms with Gasteiger partial charge in [-0.05, 0) is 66.1 Å². The predicted octanol–water partition coefficient (Wildman–Crippen LogP) is 2.32. The first-order valence-corrected chi connectivity index (χ1v) is 12.2. The highest BCUT2D eigenvalue weighted by atomic mass is 19.1. The maximum absolute atomic E-state index is 13.9. The van der Waals surface area contributed by atoms with Crippen molar-refractivity contribution in [3.05, 3.63) is 70.8 Å². The second kappa shape index (κ2) is 11.7. The summed E-state index contributed by atoms with van der Waals surface area (Å²) in [6, 6.07) is 11.5. The number of nitrogen functional groups attached to an aromatic ring is 1. The molecule has 0 spiro atoms. The third kappa shape index (κ3) is 5.85. The van der Waals surface area contributed by atoms with Crippen molar-refractivity contribution >= 4 is 17.9 Å². The Morgan fingerprint density at radius 3 is 2.77 bits per heavy atom. The van der Waals surface area contributed by atoms with Crippen LogP contribution in [0.5, 0.6) is 11.5 Å². The minimum Gasteiger partial charge on any atom is -0.493 e. The van der Waals surface area contributed by atoms with Crippen LogP contribution in [0.4, 0.5) is 10.2 Å². The van der Waals surface area contributed by atoms with Crippen molar-refractivity contribution in [2.45, 2.75) is 26.0 Å². The van der Waals surface area contributed by atoms with Gasteiger partial charge in [0.2, 0.25) is 11.6 Å². The Morgan fingerprint density at radius 1 is 1.21 bits per heavy atom. The molecule has 1 amide bonds. The van der Waals surface area contributed by atoms with Gasteiger partial charge in [-0.2, -0.15) is 9.78 Å². The number of methoxy groups -OCH3 is 1. The van der Waals surface area contributed by atoms with Crippen LogP contribution >= 0.6 is 0 Å². The summed E-state index contributed by atoms with van der Waals surface area (Å²) in [6.45, 7) is 2.28. The fourth-order valence-electron chi connectivity index (χ4n) is 4.16. The fraction of sp³-hybridized carbons (Fsp3) is 0.280. The molecule has 14 heteroatoms. The predicted molar refractivity (Wildman–Crippen MR) is 137 cm³/mol. The molecule has 0 bridgehead atoms. The number of hydrazone groups is 1. The summed E-state index contributed by atoms with van der Waals surface area (Å²) in [4.78, 5) is 15.4. The molecular weight excluding hydrogens is 509 g/mol. The van der Waals surface area contributed by atoms with Crippen LogP contribution in [0, 0.1) is 5.82 Å². The third-order valence-corrected chi connectivity index (χ3v) is 6.13. The molecule has 1 aliphatic rings. The van der Waals surface area contributed by atoms with Crippen molar-refractivity contribution in [1.29, 1.82) is 0 Å². The number of carbonyl (C=O) groups is 1. The van der Waals surface area contributed by atoms with Gasteiger partial charge in [0.25, 0.3) is 5.91 Å². The smallest absolute Gasteiger partial charge is 0.292 e. The van der Waals surface area contributed by atoms with E-state index in [4.69, 9.17) is 15.2 Å². The molecule has 0 atom stereocenters. The van der Waals surface area contributed by atoms with E-state index in [0.29, 0.717) is 34.9 Å². The molecule has 2 aromatic carbocycles. The standard InChI is InChI=1S/C25H26FN9O4/c1-37-21-12-16(8-9-20(21)38-15-17-6-2-3-7-18(17)26)13-28-30-25(36)22-19(14-34-10-4-5-11-34)29-33-35(22)24-23(27)31-39-32-24/h2-3,6-9,12-13H,4-5,10-11,14-15H2,1H3,(H2,27,31)(H,30,36). The first kappa shape index (κ1) is 25.8. The van der Waals surface area contributed by atoms with Crippen molar-refractivity contribution in [3.63, 3.8) is 0 Å². The molecule has 0 aliphatic carbocycles. The molecule has 3 heterocycles. The van der Waals surface area contributed by atoms with Gasteiger partial charge in [0.05, 0.1) is 13.3 Å². The van der Waals surface area contributed by atoms with Crippen LogP contribution in [0.25, 0.3) is 5.82 Å². The van der Waals surface area contributed by atoms with Gasteiger partial charge >= 0.3 is 0 Å². The Labute approximate surface area is 222 Å². The van der Waals surface area contributed by atoms with E-state index >= 15 is 0 Å². The van der Waals surface area contributed by atoms with Gasteiger partial charge in [0, 0.05) is 12.1 Å². The summed E-state index contributed by atoms with van der Waals surface area (Å²) in [6.07, 6.45) is 3.61. The van der Waals surface area contributed by atoms with Crippen molar-refractivity contribution in [2.75, 3.05) is 25.9 Å². The molecule has 1 saturated heterocycles. The van der Waals surface area contributed by atoms with Crippen LogP contribution in [-0.2, 0) is 13.2 Å². The average molecular weight is 536 g/mol. The molecule has 5 rings (SSSR count). The highest BCUT2D eigenvalue weighted by Crippen LogP contribution is 2.28. The van der Waals surface area contributed by atoms with Gasteiger partial charge in [-0.15, -0.1) is 5.10 Å². The van der Waals surface area contributed by atoms with Crippen molar-refractivity contribution in [1.82, 2.24) is 35.6 Å². The molecule has 0 unspecified atom stereocenters. The second-order valence-electron chi connectivity index (χ2n) is 8.74. The molecular formula is C25H26FN9O4. The lowest BCUT2D eigenvalue weighted by Crippen LogP contribution is -2.26. The lowest BCUT2D eigenvalue weighted by atomic mass is 10.2. The largest absolute Gasteiger partial charge is 0.493 e. The lowest BCUT2D eigenvalue weighted by Gasteiger charge is -2.13. The molecule has 0 radical (unpaired) electrons. The van der Waals surface area contributed by atoms with Crippen LogP contribution < -0.4 is 20.6 Å². The number of amides is 1. The first-order chi connectivity index (χ1) is 19.0. The van der Waals surface area contributed by atoms with E-state index in [1.807, 2.05) is 0 Å². The summed E-state index contributed by atoms with van der Waals surface area (Å²) in [5.74, 6) is -0.0362. The third-order valence-electron chi connectivity index (χ3n) is 6.13. The van der Waals surface area contributed by atoms with Crippen LogP contribution in [0.1, 0.15) is 40.2 Å². The van der Waals surface area contributed by atoms with Crippen molar-refractivity contribution in [3.8, 4) is 17.3 Å². The number of hydrogen-bond donors (Lipinski definition) is 2. The second-order valence-corrected chi connectivity index (χ2v) is 8.74. The van der Waals surface area contributed by atoms with Gasteiger partial charge in [0.1, 0.15) is 18.1 Å². The number of benzene rings is 2. The minimum atomic E-state index is -0.565. The minimum absolute atomic E-state index is 0.0328. The van der Waals surface area contributed by atoms with Gasteiger partial charge in [-0.1, -0.05) is 23.4 Å². The summed E-state index contributed by atoms with van der Waals surface area (Å²) in [5.41, 5.74) is 9.95. The lowest BCUT2D eigenvalue weighted by molar-refractivity contribution is 0.0945. The summed E-state index contributed by atoms with van der Waals surface area (Å²) in [7, 11) is 1.49. The number of rotatable bonds is 10. The number of nitrogens with one attached hydrogen (secondary N) is 1. The normalized spacial score (nSPS) is 13.7. The Bertz CT molecular complexity index is 1480. The number of carbonyl (C=O) groups excluding carboxylic acids is 1. The van der Waals surface area contributed by atoms with Gasteiger partial charge in [0.15, 0.2) is 17.2 Å². The number of nitrogens with two attached hydrogens (primary N) is 1. The Balaban J connectivity index is 1.30. The van der Waals surface area contributed by atoms with Crippen LogP contribution in [0.15, 0.2) is 52.2 Å². The maximum Gasteiger partial charge on any atom is 0.292 e. The number of nitrogens with zero attached hydrogens (tertiary/aromatic N) is 7. The van der Waals surface area contributed by atoms with Crippen LogP contribution in [-0.4, -0.2) is 62.5 Å². The molecule has 2 aromatic heterocycles. The van der Waals surface area contributed by atoms with E-state index in [0.717, 1.165) is 25.9 Å². The molecule has 4 aromatic rings. The number of halogens is 1. The zero-order chi connectivity index (χ0) is 27.2. The number of ether oxygens (including phenoxy) is 2. The fourth-order valence-corrected chi connectivity index (χ4v) is 4.16. The van der Waals surface area contributed by atoms with Crippen molar-refractivity contribution < 1.29 is 23.3 Å². The summed E-state index contributed by atoms with van der Waals surface area (Å²) in [5, 5.41) is 19.6. The Kier molecular flexibility index (Phi) is 7.73. The molecule has 13 nitrogen and oxygen atoms in total. The Hall–Kier alpha value is -4.85. The Morgan fingerprint density at radius 2 is 2.03 bits per heavy atom. The van der Waals surface area contributed by atoms with E-state index in [9.17, 15) is 9.18 Å². The van der Waals surface area contributed by atoms with E-state index < -0.39 is 5.91 Å². The van der Waals surface area contributed by atoms with Crippen LogP contribution in [0.2, 0.25) is 0 Å².